The Morgan fingerprint density at radius 1 is 1.25 bits per heavy atom. The van der Waals surface area contributed by atoms with Crippen molar-refractivity contribution in [2.24, 2.45) is 11.8 Å². The van der Waals surface area contributed by atoms with Crippen molar-refractivity contribution in [1.29, 1.82) is 0 Å². The lowest BCUT2D eigenvalue weighted by Crippen LogP contribution is -2.41. The molecule has 0 aromatic heterocycles. The average Bonchev–Trinajstić information content (AvgIpc) is 2.38. The highest BCUT2D eigenvalue weighted by Gasteiger charge is 2.24. The topological polar surface area (TPSA) is 12.0 Å². The van der Waals surface area contributed by atoms with E-state index in [-0.39, 0.29) is 0 Å². The van der Waals surface area contributed by atoms with Crippen molar-refractivity contribution in [1.82, 2.24) is 5.32 Å². The van der Waals surface area contributed by atoms with Gasteiger partial charge in [-0.15, -0.1) is 0 Å². The largest absolute Gasteiger partial charge is 0.311 e. The summed E-state index contributed by atoms with van der Waals surface area (Å²) in [6.07, 6.45) is 6.53. The van der Waals surface area contributed by atoms with E-state index in [0.29, 0.717) is 12.1 Å². The summed E-state index contributed by atoms with van der Waals surface area (Å²) in [6.45, 7) is 7.02. The zero-order valence-corrected chi connectivity index (χ0v) is 13.8. The molecular weight excluding hydrogens is 266 g/mol. The van der Waals surface area contributed by atoms with Crippen molar-refractivity contribution in [3.05, 3.63) is 34.9 Å². The molecule has 1 aliphatic carbocycles. The molecule has 1 aromatic carbocycles. The standard InChI is InChI=1S/C18H28ClN/c1-13(2)16-7-5-9-18(12-16)20-14(3)10-15-6-4-8-17(19)11-15/h4,6,8,11,13-14,16,18,20H,5,7,9-10,12H2,1-3H3. The first-order valence-corrected chi connectivity index (χ1v) is 8.43. The zero-order valence-electron chi connectivity index (χ0n) is 13.0. The molecule has 2 rings (SSSR count). The number of halogens is 1. The van der Waals surface area contributed by atoms with E-state index >= 15 is 0 Å². The van der Waals surface area contributed by atoms with Crippen LogP contribution in [0.2, 0.25) is 5.02 Å². The number of benzene rings is 1. The molecule has 1 nitrogen and oxygen atoms in total. The first-order valence-electron chi connectivity index (χ1n) is 8.05. The lowest BCUT2D eigenvalue weighted by atomic mass is 9.79. The number of rotatable bonds is 5. The molecule has 3 atom stereocenters. The van der Waals surface area contributed by atoms with Gasteiger partial charge in [0.15, 0.2) is 0 Å². The van der Waals surface area contributed by atoms with Crippen LogP contribution in [0.3, 0.4) is 0 Å². The number of hydrogen-bond acceptors (Lipinski definition) is 1. The van der Waals surface area contributed by atoms with Gasteiger partial charge in [-0.2, -0.15) is 0 Å². The van der Waals surface area contributed by atoms with Crippen molar-refractivity contribution in [3.63, 3.8) is 0 Å². The second-order valence-electron chi connectivity index (χ2n) is 6.77. The third-order valence-corrected chi connectivity index (χ3v) is 4.84. The lowest BCUT2D eigenvalue weighted by Gasteiger charge is -2.34. The molecule has 0 amide bonds. The van der Waals surface area contributed by atoms with E-state index in [1.807, 2.05) is 12.1 Å². The average molecular weight is 294 g/mol. The third-order valence-electron chi connectivity index (χ3n) is 4.61. The Morgan fingerprint density at radius 2 is 2.05 bits per heavy atom. The van der Waals surface area contributed by atoms with Crippen molar-refractivity contribution >= 4 is 11.6 Å². The van der Waals surface area contributed by atoms with Crippen LogP contribution in [-0.4, -0.2) is 12.1 Å². The van der Waals surface area contributed by atoms with Gasteiger partial charge in [0.1, 0.15) is 0 Å². The summed E-state index contributed by atoms with van der Waals surface area (Å²) in [7, 11) is 0. The predicted octanol–water partition coefficient (Wildman–Crippen LogP) is 5.08. The van der Waals surface area contributed by atoms with E-state index in [2.05, 4.69) is 38.2 Å². The molecule has 2 heteroatoms. The van der Waals surface area contributed by atoms with Gasteiger partial charge >= 0.3 is 0 Å². The molecule has 0 heterocycles. The van der Waals surface area contributed by atoms with E-state index < -0.39 is 0 Å². The molecule has 1 saturated carbocycles. The summed E-state index contributed by atoms with van der Waals surface area (Å²) in [5, 5.41) is 4.67. The molecule has 3 unspecified atom stereocenters. The van der Waals surface area contributed by atoms with Crippen LogP contribution in [0.5, 0.6) is 0 Å². The zero-order chi connectivity index (χ0) is 14.5. The Morgan fingerprint density at radius 3 is 2.75 bits per heavy atom. The number of nitrogens with one attached hydrogen (secondary N) is 1. The Kier molecular flexibility index (Phi) is 5.92. The van der Waals surface area contributed by atoms with Crippen molar-refractivity contribution in [2.75, 3.05) is 0 Å². The van der Waals surface area contributed by atoms with E-state index in [1.54, 1.807) is 0 Å². The maximum absolute atomic E-state index is 6.05. The first-order chi connectivity index (χ1) is 9.54. The molecule has 20 heavy (non-hydrogen) atoms. The van der Waals surface area contributed by atoms with Gasteiger partial charge in [0.25, 0.3) is 0 Å². The monoisotopic (exact) mass is 293 g/mol. The summed E-state index contributed by atoms with van der Waals surface area (Å²) in [6, 6.07) is 9.45. The summed E-state index contributed by atoms with van der Waals surface area (Å²) in [5.74, 6) is 1.72. The molecule has 0 bridgehead atoms. The summed E-state index contributed by atoms with van der Waals surface area (Å²) >= 11 is 6.05. The van der Waals surface area contributed by atoms with E-state index in [4.69, 9.17) is 11.6 Å². The predicted molar refractivity (Wildman–Crippen MR) is 88.3 cm³/mol. The van der Waals surface area contributed by atoms with Gasteiger partial charge in [-0.3, -0.25) is 0 Å². The van der Waals surface area contributed by atoms with Crippen LogP contribution in [0.4, 0.5) is 0 Å². The van der Waals surface area contributed by atoms with Crippen LogP contribution in [0.25, 0.3) is 0 Å². The first kappa shape index (κ1) is 15.9. The van der Waals surface area contributed by atoms with Gasteiger partial charge in [0, 0.05) is 17.1 Å². The van der Waals surface area contributed by atoms with Crippen molar-refractivity contribution < 1.29 is 0 Å². The van der Waals surface area contributed by atoms with Crippen LogP contribution >= 0.6 is 11.6 Å². The van der Waals surface area contributed by atoms with Gasteiger partial charge in [0.2, 0.25) is 0 Å². The van der Waals surface area contributed by atoms with E-state index in [9.17, 15) is 0 Å². The second-order valence-corrected chi connectivity index (χ2v) is 7.21. The van der Waals surface area contributed by atoms with Crippen LogP contribution in [0.15, 0.2) is 24.3 Å². The molecule has 1 aliphatic rings. The summed E-state index contributed by atoms with van der Waals surface area (Å²) < 4.78 is 0. The molecule has 0 radical (unpaired) electrons. The Balaban J connectivity index is 1.83. The van der Waals surface area contributed by atoms with Crippen molar-refractivity contribution in [2.45, 2.75) is 65.0 Å². The minimum atomic E-state index is 0.518. The molecule has 112 valence electrons. The fourth-order valence-corrected chi connectivity index (χ4v) is 3.68. The van der Waals surface area contributed by atoms with Gasteiger partial charge in [-0.25, -0.2) is 0 Å². The fourth-order valence-electron chi connectivity index (χ4n) is 3.46. The van der Waals surface area contributed by atoms with Crippen LogP contribution in [0.1, 0.15) is 52.0 Å². The van der Waals surface area contributed by atoms with Crippen LogP contribution in [-0.2, 0) is 6.42 Å². The fraction of sp³-hybridized carbons (Fsp3) is 0.667. The van der Waals surface area contributed by atoms with Gasteiger partial charge < -0.3 is 5.32 Å². The maximum Gasteiger partial charge on any atom is 0.0408 e. The van der Waals surface area contributed by atoms with Crippen LogP contribution in [0, 0.1) is 11.8 Å². The quantitative estimate of drug-likeness (QED) is 0.799. The van der Waals surface area contributed by atoms with Gasteiger partial charge in [0.05, 0.1) is 0 Å². The molecule has 1 fully saturated rings. The minimum absolute atomic E-state index is 0.518. The summed E-state index contributed by atoms with van der Waals surface area (Å²) in [5.41, 5.74) is 1.33. The highest BCUT2D eigenvalue weighted by atomic mass is 35.5. The Hall–Kier alpha value is -0.530. The van der Waals surface area contributed by atoms with Crippen LogP contribution < -0.4 is 5.32 Å². The smallest absolute Gasteiger partial charge is 0.0408 e. The van der Waals surface area contributed by atoms with E-state index in [1.165, 1.54) is 31.2 Å². The lowest BCUT2D eigenvalue weighted by molar-refractivity contribution is 0.222. The van der Waals surface area contributed by atoms with Crippen molar-refractivity contribution in [3.8, 4) is 0 Å². The maximum atomic E-state index is 6.05. The number of hydrogen-bond donors (Lipinski definition) is 1. The van der Waals surface area contributed by atoms with Gasteiger partial charge in [-0.1, -0.05) is 50.4 Å². The molecule has 0 spiro atoms. The molecule has 0 aliphatic heterocycles. The molecule has 1 aromatic rings. The summed E-state index contributed by atoms with van der Waals surface area (Å²) in [4.78, 5) is 0. The normalized spacial score (nSPS) is 24.9. The second kappa shape index (κ2) is 7.47. The Bertz CT molecular complexity index is 416. The molecular formula is C18H28ClN. The molecule has 1 N–H and O–H groups in total. The minimum Gasteiger partial charge on any atom is -0.311 e. The molecule has 0 saturated heterocycles. The van der Waals surface area contributed by atoms with Gasteiger partial charge in [-0.05, 0) is 55.7 Å². The SMILES string of the molecule is CC(Cc1cccc(Cl)c1)NC1CCCC(C(C)C)C1. The Labute approximate surface area is 129 Å². The third kappa shape index (κ3) is 4.79. The van der Waals surface area contributed by atoms with E-state index in [0.717, 1.165) is 23.3 Å². The highest BCUT2D eigenvalue weighted by Crippen LogP contribution is 2.30. The highest BCUT2D eigenvalue weighted by molar-refractivity contribution is 6.30.